The van der Waals surface area contributed by atoms with Gasteiger partial charge in [0.15, 0.2) is 0 Å². The number of benzene rings is 1. The summed E-state index contributed by atoms with van der Waals surface area (Å²) in [7, 11) is 1.75. The summed E-state index contributed by atoms with van der Waals surface area (Å²) in [4.78, 5) is 26.4. The average molecular weight is 317 g/mol. The molecule has 1 aromatic carbocycles. The Kier molecular flexibility index (Phi) is 6.16. The molecule has 0 spiro atoms. The Morgan fingerprint density at radius 3 is 2.65 bits per heavy atom. The van der Waals surface area contributed by atoms with Crippen LogP contribution < -0.4 is 11.1 Å². The molecule has 2 rings (SSSR count). The zero-order valence-electron chi connectivity index (χ0n) is 14.0. The van der Waals surface area contributed by atoms with E-state index in [9.17, 15) is 9.59 Å². The second-order valence-corrected chi connectivity index (χ2v) is 6.26. The molecule has 1 aromatic rings. The summed E-state index contributed by atoms with van der Waals surface area (Å²) >= 11 is 0. The lowest BCUT2D eigenvalue weighted by Crippen LogP contribution is -2.44. The summed E-state index contributed by atoms with van der Waals surface area (Å²) in [6.45, 7) is 3.16. The van der Waals surface area contributed by atoms with Gasteiger partial charge in [0.05, 0.1) is 0 Å². The Hall–Kier alpha value is -1.88. The number of rotatable bonds is 5. The van der Waals surface area contributed by atoms with Crippen LogP contribution in [-0.2, 0) is 0 Å². The van der Waals surface area contributed by atoms with E-state index in [1.807, 2.05) is 6.92 Å². The average Bonchev–Trinajstić information content (AvgIpc) is 2.60. The molecule has 5 heteroatoms. The van der Waals surface area contributed by atoms with Crippen LogP contribution in [0.25, 0.3) is 0 Å². The van der Waals surface area contributed by atoms with E-state index in [4.69, 9.17) is 5.73 Å². The number of carbonyl (C=O) groups excluding carboxylic acids is 2. The van der Waals surface area contributed by atoms with E-state index in [2.05, 4.69) is 5.32 Å². The molecule has 0 bridgehead atoms. The van der Waals surface area contributed by atoms with Crippen molar-refractivity contribution in [1.82, 2.24) is 10.2 Å². The van der Waals surface area contributed by atoms with Gasteiger partial charge in [0.1, 0.15) is 0 Å². The van der Waals surface area contributed by atoms with E-state index >= 15 is 0 Å². The van der Waals surface area contributed by atoms with Crippen molar-refractivity contribution in [2.75, 3.05) is 20.1 Å². The molecule has 0 aromatic heterocycles. The molecule has 1 aliphatic carbocycles. The smallest absolute Gasteiger partial charge is 0.253 e. The molecule has 1 saturated carbocycles. The van der Waals surface area contributed by atoms with Crippen LogP contribution in [-0.4, -0.2) is 42.9 Å². The minimum Gasteiger partial charge on any atom is -0.349 e. The Balaban J connectivity index is 2.09. The van der Waals surface area contributed by atoms with Crippen LogP contribution in [0.1, 0.15) is 53.3 Å². The molecule has 126 valence electrons. The molecule has 1 fully saturated rings. The van der Waals surface area contributed by atoms with Gasteiger partial charge in [0.2, 0.25) is 0 Å². The number of carbonyl (C=O) groups is 2. The van der Waals surface area contributed by atoms with E-state index in [0.29, 0.717) is 30.1 Å². The molecule has 0 radical (unpaired) electrons. The van der Waals surface area contributed by atoms with Crippen molar-refractivity contribution in [3.63, 3.8) is 0 Å². The zero-order chi connectivity index (χ0) is 16.8. The molecule has 1 aliphatic rings. The quantitative estimate of drug-likeness (QED) is 0.872. The number of nitrogens with one attached hydrogen (secondary N) is 1. The highest BCUT2D eigenvalue weighted by molar-refractivity contribution is 5.99. The lowest BCUT2D eigenvalue weighted by Gasteiger charge is -2.31. The Labute approximate surface area is 138 Å². The molecule has 23 heavy (non-hydrogen) atoms. The van der Waals surface area contributed by atoms with Crippen molar-refractivity contribution in [2.45, 2.75) is 38.6 Å². The molecule has 0 aliphatic heterocycles. The Morgan fingerprint density at radius 1 is 1.26 bits per heavy atom. The number of nitrogens with zero attached hydrogens (tertiary/aromatic N) is 1. The van der Waals surface area contributed by atoms with Crippen molar-refractivity contribution in [3.05, 3.63) is 35.4 Å². The maximum atomic E-state index is 12.5. The molecule has 2 amide bonds. The molecule has 3 N–H and O–H groups in total. The Morgan fingerprint density at radius 2 is 1.96 bits per heavy atom. The largest absolute Gasteiger partial charge is 0.349 e. The Bertz CT molecular complexity index is 559. The van der Waals surface area contributed by atoms with Gasteiger partial charge >= 0.3 is 0 Å². The van der Waals surface area contributed by atoms with Gasteiger partial charge in [-0.3, -0.25) is 9.59 Å². The lowest BCUT2D eigenvalue weighted by molar-refractivity contribution is 0.0802. The van der Waals surface area contributed by atoms with Crippen molar-refractivity contribution in [2.24, 2.45) is 11.7 Å². The van der Waals surface area contributed by atoms with E-state index in [0.717, 1.165) is 19.3 Å². The number of nitrogens with two attached hydrogens (primary N) is 1. The van der Waals surface area contributed by atoms with Crippen molar-refractivity contribution >= 4 is 11.8 Å². The van der Waals surface area contributed by atoms with Crippen LogP contribution in [0.15, 0.2) is 24.3 Å². The second-order valence-electron chi connectivity index (χ2n) is 6.26. The van der Waals surface area contributed by atoms with Gasteiger partial charge in [-0.15, -0.1) is 0 Å². The lowest BCUT2D eigenvalue weighted by atomic mass is 9.84. The molecular formula is C18H27N3O2. The highest BCUT2D eigenvalue weighted by atomic mass is 16.2. The van der Waals surface area contributed by atoms with Crippen molar-refractivity contribution < 1.29 is 9.59 Å². The first-order chi connectivity index (χ1) is 11.1. The third-order valence-corrected chi connectivity index (χ3v) is 4.72. The van der Waals surface area contributed by atoms with Gasteiger partial charge in [-0.05, 0) is 50.4 Å². The van der Waals surface area contributed by atoms with E-state index in [-0.39, 0.29) is 17.9 Å². The van der Waals surface area contributed by atoms with Crippen molar-refractivity contribution in [3.8, 4) is 0 Å². The first-order valence-electron chi connectivity index (χ1n) is 8.43. The minimum atomic E-state index is -0.121. The molecular weight excluding hydrogens is 290 g/mol. The maximum absolute atomic E-state index is 12.5. The van der Waals surface area contributed by atoms with E-state index < -0.39 is 0 Å². The van der Waals surface area contributed by atoms with Crippen LogP contribution in [0.2, 0.25) is 0 Å². The fourth-order valence-electron chi connectivity index (χ4n) is 3.09. The summed E-state index contributed by atoms with van der Waals surface area (Å²) in [5.74, 6) is 0.160. The minimum absolute atomic E-state index is 0.0698. The van der Waals surface area contributed by atoms with Crippen LogP contribution >= 0.6 is 0 Å². The van der Waals surface area contributed by atoms with Gasteiger partial charge in [0, 0.05) is 30.8 Å². The topological polar surface area (TPSA) is 75.4 Å². The van der Waals surface area contributed by atoms with E-state index in [1.165, 1.54) is 6.42 Å². The number of amides is 2. The summed E-state index contributed by atoms with van der Waals surface area (Å²) in [5.41, 5.74) is 6.89. The molecule has 2 atom stereocenters. The predicted molar refractivity (Wildman–Crippen MR) is 91.3 cm³/mol. The summed E-state index contributed by atoms with van der Waals surface area (Å²) in [6, 6.07) is 7.06. The predicted octanol–water partition coefficient (Wildman–Crippen LogP) is 2.03. The monoisotopic (exact) mass is 317 g/mol. The number of hydrogen-bond acceptors (Lipinski definition) is 3. The van der Waals surface area contributed by atoms with E-state index in [1.54, 1.807) is 36.2 Å². The SMILES string of the molecule is CCN(C)C(=O)c1cccc(C(=O)NC2CCCCC2CN)c1. The highest BCUT2D eigenvalue weighted by Gasteiger charge is 2.25. The normalized spacial score (nSPS) is 20.8. The maximum Gasteiger partial charge on any atom is 0.253 e. The fraction of sp³-hybridized carbons (Fsp3) is 0.556. The highest BCUT2D eigenvalue weighted by Crippen LogP contribution is 2.24. The zero-order valence-corrected chi connectivity index (χ0v) is 14.0. The van der Waals surface area contributed by atoms with Crippen LogP contribution in [0, 0.1) is 5.92 Å². The van der Waals surface area contributed by atoms with Gasteiger partial charge in [-0.1, -0.05) is 18.9 Å². The summed E-state index contributed by atoms with van der Waals surface area (Å²) in [5, 5.41) is 3.10. The van der Waals surface area contributed by atoms with Crippen LogP contribution in [0.4, 0.5) is 0 Å². The fourth-order valence-corrected chi connectivity index (χ4v) is 3.09. The van der Waals surface area contributed by atoms with Gasteiger partial charge in [-0.2, -0.15) is 0 Å². The van der Waals surface area contributed by atoms with Crippen LogP contribution in [0.5, 0.6) is 0 Å². The summed E-state index contributed by atoms with van der Waals surface area (Å²) < 4.78 is 0. The van der Waals surface area contributed by atoms with Gasteiger partial charge < -0.3 is 16.0 Å². The summed E-state index contributed by atoms with van der Waals surface area (Å²) in [6.07, 6.45) is 4.36. The molecule has 2 unspecified atom stereocenters. The van der Waals surface area contributed by atoms with Gasteiger partial charge in [0.25, 0.3) is 11.8 Å². The first-order valence-corrected chi connectivity index (χ1v) is 8.43. The third kappa shape index (κ3) is 4.32. The first kappa shape index (κ1) is 17.5. The third-order valence-electron chi connectivity index (χ3n) is 4.72. The second kappa shape index (κ2) is 8.11. The molecule has 0 heterocycles. The molecule has 0 saturated heterocycles. The standard InChI is InChI=1S/C18H27N3O2/c1-3-21(2)18(23)14-9-6-8-13(11-14)17(22)20-16-10-5-4-7-15(16)12-19/h6,8-9,11,15-16H,3-5,7,10,12,19H2,1-2H3,(H,20,22). The van der Waals surface area contributed by atoms with Gasteiger partial charge in [-0.25, -0.2) is 0 Å². The van der Waals surface area contributed by atoms with Crippen LogP contribution in [0.3, 0.4) is 0 Å². The number of hydrogen-bond donors (Lipinski definition) is 2. The van der Waals surface area contributed by atoms with Crippen molar-refractivity contribution in [1.29, 1.82) is 0 Å². The molecule has 5 nitrogen and oxygen atoms in total.